The van der Waals surface area contributed by atoms with E-state index in [9.17, 15) is 4.39 Å². The molecule has 0 aromatic heterocycles. The van der Waals surface area contributed by atoms with Crippen LogP contribution in [0.25, 0.3) is 0 Å². The fraction of sp³-hybridized carbons (Fsp3) is 1.00. The first kappa shape index (κ1) is 12.7. The van der Waals surface area contributed by atoms with Crippen LogP contribution >= 0.6 is 0 Å². The fourth-order valence-electron chi connectivity index (χ4n) is 6.81. The smallest absolute Gasteiger partial charge is 0.103 e. The zero-order valence-electron chi connectivity index (χ0n) is 12.4. The molecule has 0 saturated heterocycles. The molecule has 0 aromatic rings. The van der Waals surface area contributed by atoms with Gasteiger partial charge in [0, 0.05) is 0 Å². The number of fused-ring (bicyclic) bond motifs is 5. The molecule has 0 amide bonds. The van der Waals surface area contributed by atoms with Crippen molar-refractivity contribution in [2.24, 2.45) is 35.0 Å². The maximum absolute atomic E-state index is 14.2. The summed E-state index contributed by atoms with van der Waals surface area (Å²) in [4.78, 5) is 0. The Morgan fingerprint density at radius 3 is 2.42 bits per heavy atom. The quantitative estimate of drug-likeness (QED) is 0.552. The predicted octanol–water partition coefficient (Wildman–Crippen LogP) is 5.37. The predicted molar refractivity (Wildman–Crippen MR) is 76.6 cm³/mol. The Balaban J connectivity index is 1.59. The third-order valence-electron chi connectivity index (χ3n) is 7.69. The van der Waals surface area contributed by atoms with Crippen molar-refractivity contribution in [3.8, 4) is 0 Å². The van der Waals surface area contributed by atoms with Crippen LogP contribution in [-0.4, -0.2) is 6.17 Å². The van der Waals surface area contributed by atoms with Crippen LogP contribution in [0, 0.1) is 35.0 Å². The molecule has 0 heterocycles. The number of alkyl halides is 1. The van der Waals surface area contributed by atoms with E-state index in [1.54, 1.807) is 0 Å². The van der Waals surface area contributed by atoms with Crippen molar-refractivity contribution in [3.63, 3.8) is 0 Å². The molecule has 108 valence electrons. The van der Waals surface area contributed by atoms with Crippen molar-refractivity contribution in [1.29, 1.82) is 0 Å². The highest BCUT2D eigenvalue weighted by Gasteiger charge is 2.54. The minimum atomic E-state index is -0.461. The molecular formula is C18H29F. The van der Waals surface area contributed by atoms with E-state index in [0.717, 1.165) is 36.5 Å². The van der Waals surface area contributed by atoms with Crippen LogP contribution in [0.1, 0.15) is 71.1 Å². The molecule has 0 bridgehead atoms. The topological polar surface area (TPSA) is 0 Å². The summed E-state index contributed by atoms with van der Waals surface area (Å²) >= 11 is 0. The summed E-state index contributed by atoms with van der Waals surface area (Å²) in [7, 11) is 0. The number of rotatable bonds is 0. The molecule has 0 nitrogen and oxygen atoms in total. The molecule has 7 atom stereocenters. The van der Waals surface area contributed by atoms with Crippen LogP contribution in [0.15, 0.2) is 0 Å². The molecule has 2 unspecified atom stereocenters. The minimum Gasteiger partial charge on any atom is -0.247 e. The number of halogens is 1. The minimum absolute atomic E-state index is 0.445. The Morgan fingerprint density at radius 1 is 0.737 bits per heavy atom. The van der Waals surface area contributed by atoms with Crippen molar-refractivity contribution >= 4 is 0 Å². The SMILES string of the molecule is C[C@@]12CCC[C@H]1[C@@H]1CCC3C(F)CCC[C@@H]3[C@H]1CC2. The van der Waals surface area contributed by atoms with Gasteiger partial charge >= 0.3 is 0 Å². The van der Waals surface area contributed by atoms with E-state index in [2.05, 4.69) is 6.92 Å². The standard InChI is InChI=1S/C18H29F/c1-18-10-3-5-16(18)14-7-8-15-12(13(14)9-11-18)4-2-6-17(15)19/h12-17H,2-11H2,1H3/t12-,13-,14-,15?,16+,17?,18+/m1/s1. The average molecular weight is 264 g/mol. The lowest BCUT2D eigenvalue weighted by atomic mass is 9.50. The Hall–Kier alpha value is -0.0700. The Kier molecular flexibility index (Phi) is 2.97. The molecule has 0 radical (unpaired) electrons. The molecule has 0 N–H and O–H groups in total. The second-order valence-corrected chi connectivity index (χ2v) is 8.37. The normalized spacial score (nSPS) is 57.2. The summed E-state index contributed by atoms with van der Waals surface area (Å²) in [6.45, 7) is 2.56. The Labute approximate surface area is 117 Å². The lowest BCUT2D eigenvalue weighted by Crippen LogP contribution is -2.48. The van der Waals surface area contributed by atoms with Gasteiger partial charge in [0.15, 0.2) is 0 Å². The van der Waals surface area contributed by atoms with Gasteiger partial charge in [0.2, 0.25) is 0 Å². The van der Waals surface area contributed by atoms with Gasteiger partial charge in [-0.2, -0.15) is 0 Å². The van der Waals surface area contributed by atoms with E-state index < -0.39 is 6.17 Å². The van der Waals surface area contributed by atoms with Crippen LogP contribution in [0.3, 0.4) is 0 Å². The van der Waals surface area contributed by atoms with E-state index >= 15 is 0 Å². The van der Waals surface area contributed by atoms with Crippen molar-refractivity contribution in [2.45, 2.75) is 77.3 Å². The lowest BCUT2D eigenvalue weighted by Gasteiger charge is -2.55. The van der Waals surface area contributed by atoms with Crippen LogP contribution in [0.4, 0.5) is 4.39 Å². The third-order valence-corrected chi connectivity index (χ3v) is 7.69. The third kappa shape index (κ3) is 1.83. The van der Waals surface area contributed by atoms with E-state index in [0.29, 0.717) is 11.3 Å². The second kappa shape index (κ2) is 4.46. The van der Waals surface area contributed by atoms with Gasteiger partial charge < -0.3 is 0 Å². The molecule has 1 heteroatoms. The van der Waals surface area contributed by atoms with Gasteiger partial charge in [-0.15, -0.1) is 0 Å². The molecular weight excluding hydrogens is 235 g/mol. The van der Waals surface area contributed by atoms with E-state index in [-0.39, 0.29) is 0 Å². The number of hydrogen-bond donors (Lipinski definition) is 0. The van der Waals surface area contributed by atoms with Crippen molar-refractivity contribution in [1.82, 2.24) is 0 Å². The fourth-order valence-corrected chi connectivity index (χ4v) is 6.81. The lowest BCUT2D eigenvalue weighted by molar-refractivity contribution is -0.0696. The van der Waals surface area contributed by atoms with Gasteiger partial charge in [-0.3, -0.25) is 0 Å². The molecule has 19 heavy (non-hydrogen) atoms. The largest absolute Gasteiger partial charge is 0.247 e. The van der Waals surface area contributed by atoms with Crippen LogP contribution in [0.5, 0.6) is 0 Å². The van der Waals surface area contributed by atoms with Gasteiger partial charge in [0.05, 0.1) is 0 Å². The molecule has 4 aliphatic rings. The molecule has 4 saturated carbocycles. The van der Waals surface area contributed by atoms with E-state index in [1.807, 2.05) is 0 Å². The first-order chi connectivity index (χ1) is 9.19. The zero-order chi connectivity index (χ0) is 13.0. The van der Waals surface area contributed by atoms with Gasteiger partial charge in [-0.1, -0.05) is 19.8 Å². The van der Waals surface area contributed by atoms with E-state index in [1.165, 1.54) is 51.4 Å². The van der Waals surface area contributed by atoms with E-state index in [4.69, 9.17) is 0 Å². The summed E-state index contributed by atoms with van der Waals surface area (Å²) < 4.78 is 14.2. The zero-order valence-corrected chi connectivity index (χ0v) is 12.4. The summed E-state index contributed by atoms with van der Waals surface area (Å²) in [5.41, 5.74) is 0.664. The molecule has 4 aliphatic carbocycles. The van der Waals surface area contributed by atoms with Crippen LogP contribution < -0.4 is 0 Å². The van der Waals surface area contributed by atoms with Gasteiger partial charge in [-0.05, 0) is 86.4 Å². The highest BCUT2D eigenvalue weighted by Crippen LogP contribution is 2.62. The monoisotopic (exact) mass is 264 g/mol. The van der Waals surface area contributed by atoms with Crippen LogP contribution in [0.2, 0.25) is 0 Å². The first-order valence-electron chi connectivity index (χ1n) is 8.83. The van der Waals surface area contributed by atoms with Crippen molar-refractivity contribution < 1.29 is 4.39 Å². The van der Waals surface area contributed by atoms with Crippen molar-refractivity contribution in [2.75, 3.05) is 0 Å². The average Bonchev–Trinajstić information content (AvgIpc) is 2.80. The molecule has 0 aliphatic heterocycles. The van der Waals surface area contributed by atoms with Gasteiger partial charge in [-0.25, -0.2) is 4.39 Å². The summed E-state index contributed by atoms with van der Waals surface area (Å²) in [6.07, 6.45) is 12.7. The van der Waals surface area contributed by atoms with Crippen molar-refractivity contribution in [3.05, 3.63) is 0 Å². The van der Waals surface area contributed by atoms with Gasteiger partial charge in [0.25, 0.3) is 0 Å². The first-order valence-corrected chi connectivity index (χ1v) is 8.83. The summed E-state index contributed by atoms with van der Waals surface area (Å²) in [5, 5.41) is 0. The molecule has 4 rings (SSSR count). The number of hydrogen-bond acceptors (Lipinski definition) is 0. The maximum Gasteiger partial charge on any atom is 0.103 e. The summed E-state index contributed by atoms with van der Waals surface area (Å²) in [6, 6.07) is 0. The second-order valence-electron chi connectivity index (χ2n) is 8.37. The highest BCUT2D eigenvalue weighted by atomic mass is 19.1. The molecule has 4 fully saturated rings. The Bertz CT molecular complexity index is 352. The molecule has 0 spiro atoms. The summed E-state index contributed by atoms with van der Waals surface area (Å²) in [5.74, 6) is 4.06. The van der Waals surface area contributed by atoms with Crippen LogP contribution in [-0.2, 0) is 0 Å². The highest BCUT2D eigenvalue weighted by molar-refractivity contribution is 5.03. The molecule has 0 aromatic carbocycles. The Morgan fingerprint density at radius 2 is 1.53 bits per heavy atom. The maximum atomic E-state index is 14.2. The van der Waals surface area contributed by atoms with Gasteiger partial charge in [0.1, 0.15) is 6.17 Å².